The molecule has 0 saturated heterocycles. The summed E-state index contributed by atoms with van der Waals surface area (Å²) in [4.78, 5) is 5.72. The first-order valence-electron chi connectivity index (χ1n) is 7.17. The standard InChI is InChI=1S/C15H19N3S3/c1-19-15-10(7-12(21-15)13(16)17)14-18-11(8-20-14)9-5-3-2-4-6-9/h7-9H,2-6H2,1H3,(H3,16,17). The lowest BCUT2D eigenvalue weighted by Gasteiger charge is -2.19. The van der Waals surface area contributed by atoms with Crippen molar-refractivity contribution in [1.29, 1.82) is 5.41 Å². The summed E-state index contributed by atoms with van der Waals surface area (Å²) in [6.07, 6.45) is 8.66. The summed E-state index contributed by atoms with van der Waals surface area (Å²) >= 11 is 5.02. The second-order valence-electron chi connectivity index (χ2n) is 5.34. The van der Waals surface area contributed by atoms with Gasteiger partial charge in [-0.1, -0.05) is 19.3 Å². The molecule has 1 fully saturated rings. The molecule has 0 unspecified atom stereocenters. The summed E-state index contributed by atoms with van der Waals surface area (Å²) in [5.74, 6) is 0.790. The average molecular weight is 338 g/mol. The minimum atomic E-state index is 0.144. The molecule has 1 aliphatic carbocycles. The molecular formula is C15H19N3S3. The number of nitrogens with zero attached hydrogens (tertiary/aromatic N) is 1. The molecule has 2 aromatic heterocycles. The number of nitrogens with one attached hydrogen (secondary N) is 1. The zero-order chi connectivity index (χ0) is 14.8. The molecule has 1 aliphatic rings. The Hall–Kier alpha value is -0.850. The van der Waals surface area contributed by atoms with Gasteiger partial charge in [0, 0.05) is 16.9 Å². The van der Waals surface area contributed by atoms with Crippen LogP contribution in [0.1, 0.15) is 48.6 Å². The fourth-order valence-electron chi connectivity index (χ4n) is 2.80. The third kappa shape index (κ3) is 3.17. The number of thioether (sulfide) groups is 1. The van der Waals surface area contributed by atoms with Crippen LogP contribution < -0.4 is 5.73 Å². The molecule has 21 heavy (non-hydrogen) atoms. The summed E-state index contributed by atoms with van der Waals surface area (Å²) < 4.78 is 1.20. The van der Waals surface area contributed by atoms with Crippen molar-refractivity contribution in [1.82, 2.24) is 4.98 Å². The van der Waals surface area contributed by atoms with Crippen LogP contribution in [-0.4, -0.2) is 17.1 Å². The first-order valence-corrected chi connectivity index (χ1v) is 10.1. The lowest BCUT2D eigenvalue weighted by atomic mass is 9.87. The SMILES string of the molecule is CSc1sc(C(=N)N)cc1-c1nc(C2CCCCC2)cs1. The third-order valence-electron chi connectivity index (χ3n) is 3.92. The highest BCUT2D eigenvalue weighted by Crippen LogP contribution is 2.41. The van der Waals surface area contributed by atoms with E-state index in [-0.39, 0.29) is 5.84 Å². The molecule has 0 amide bonds. The van der Waals surface area contributed by atoms with Crippen LogP contribution in [0.5, 0.6) is 0 Å². The van der Waals surface area contributed by atoms with Gasteiger partial charge in [-0.15, -0.1) is 34.4 Å². The topological polar surface area (TPSA) is 62.8 Å². The summed E-state index contributed by atoms with van der Waals surface area (Å²) in [7, 11) is 0. The van der Waals surface area contributed by atoms with Gasteiger partial charge in [0.2, 0.25) is 0 Å². The summed E-state index contributed by atoms with van der Waals surface area (Å²) in [6.45, 7) is 0. The van der Waals surface area contributed by atoms with E-state index >= 15 is 0 Å². The van der Waals surface area contributed by atoms with Gasteiger partial charge in [0.25, 0.3) is 0 Å². The number of nitrogens with two attached hydrogens (primary N) is 1. The fourth-order valence-corrected chi connectivity index (χ4v) is 5.59. The van der Waals surface area contributed by atoms with E-state index in [0.29, 0.717) is 5.92 Å². The minimum absolute atomic E-state index is 0.144. The molecule has 2 aromatic rings. The lowest BCUT2D eigenvalue weighted by molar-refractivity contribution is 0.438. The maximum atomic E-state index is 7.61. The first kappa shape index (κ1) is 15.1. The second-order valence-corrected chi connectivity index (χ2v) is 8.33. The number of hydrogen-bond donors (Lipinski definition) is 2. The highest BCUT2D eigenvalue weighted by molar-refractivity contribution is 8.00. The van der Waals surface area contributed by atoms with Crippen LogP contribution in [0.3, 0.4) is 0 Å². The van der Waals surface area contributed by atoms with E-state index in [1.807, 2.05) is 6.07 Å². The molecule has 0 spiro atoms. The number of aromatic nitrogens is 1. The largest absolute Gasteiger partial charge is 0.383 e. The van der Waals surface area contributed by atoms with E-state index < -0.39 is 0 Å². The Kier molecular flexibility index (Phi) is 4.66. The van der Waals surface area contributed by atoms with Gasteiger partial charge in [-0.2, -0.15) is 0 Å². The molecule has 112 valence electrons. The third-order valence-corrected chi connectivity index (χ3v) is 7.12. The normalized spacial score (nSPS) is 16.2. The highest BCUT2D eigenvalue weighted by atomic mass is 32.2. The Morgan fingerprint density at radius 2 is 2.14 bits per heavy atom. The molecule has 0 bridgehead atoms. The van der Waals surface area contributed by atoms with Crippen LogP contribution in [0.15, 0.2) is 15.7 Å². The lowest BCUT2D eigenvalue weighted by Crippen LogP contribution is -2.08. The maximum absolute atomic E-state index is 7.61. The van der Waals surface area contributed by atoms with Crippen LogP contribution in [-0.2, 0) is 0 Å². The molecule has 1 saturated carbocycles. The van der Waals surface area contributed by atoms with Crippen molar-refractivity contribution < 1.29 is 0 Å². The van der Waals surface area contributed by atoms with Crippen LogP contribution in [0, 0.1) is 5.41 Å². The molecule has 6 heteroatoms. The van der Waals surface area contributed by atoms with Crippen molar-refractivity contribution in [2.75, 3.05) is 6.26 Å². The van der Waals surface area contributed by atoms with E-state index in [4.69, 9.17) is 16.1 Å². The van der Waals surface area contributed by atoms with E-state index in [0.717, 1.165) is 15.4 Å². The highest BCUT2D eigenvalue weighted by Gasteiger charge is 2.20. The van der Waals surface area contributed by atoms with Gasteiger partial charge < -0.3 is 5.73 Å². The summed E-state index contributed by atoms with van der Waals surface area (Å²) in [5.41, 5.74) is 8.02. The van der Waals surface area contributed by atoms with E-state index in [1.165, 1.54) is 42.0 Å². The average Bonchev–Trinajstić information content (AvgIpc) is 3.14. The molecule has 3 N–H and O–H groups in total. The minimum Gasteiger partial charge on any atom is -0.383 e. The van der Waals surface area contributed by atoms with E-state index in [9.17, 15) is 0 Å². The van der Waals surface area contributed by atoms with Crippen LogP contribution in [0.2, 0.25) is 0 Å². The van der Waals surface area contributed by atoms with Gasteiger partial charge in [0.05, 0.1) is 14.8 Å². The Morgan fingerprint density at radius 1 is 1.38 bits per heavy atom. The summed E-state index contributed by atoms with van der Waals surface area (Å²) in [6, 6.07) is 2.02. The van der Waals surface area contributed by atoms with Gasteiger partial charge in [-0.3, -0.25) is 5.41 Å². The zero-order valence-electron chi connectivity index (χ0n) is 12.0. The number of rotatable bonds is 4. The van der Waals surface area contributed by atoms with Crippen molar-refractivity contribution in [3.8, 4) is 10.6 Å². The molecule has 2 heterocycles. The monoisotopic (exact) mass is 337 g/mol. The Bertz CT molecular complexity index is 638. The molecule has 3 rings (SSSR count). The number of nitrogen functional groups attached to an aromatic ring is 1. The van der Waals surface area contributed by atoms with Gasteiger partial charge in [-0.25, -0.2) is 4.98 Å². The maximum Gasteiger partial charge on any atom is 0.133 e. The first-order chi connectivity index (χ1) is 10.2. The van der Waals surface area contributed by atoms with Gasteiger partial charge >= 0.3 is 0 Å². The Labute approximate surface area is 137 Å². The Morgan fingerprint density at radius 3 is 2.81 bits per heavy atom. The van der Waals surface area contributed by atoms with E-state index in [2.05, 4.69) is 11.6 Å². The predicted octanol–water partition coefficient (Wildman–Crippen LogP) is 4.93. The van der Waals surface area contributed by atoms with Crippen molar-refractivity contribution in [3.05, 3.63) is 22.0 Å². The van der Waals surface area contributed by atoms with Gasteiger partial charge in [0.1, 0.15) is 10.8 Å². The van der Waals surface area contributed by atoms with Crippen LogP contribution in [0.25, 0.3) is 10.6 Å². The Balaban J connectivity index is 1.90. The number of amidine groups is 1. The van der Waals surface area contributed by atoms with Crippen LogP contribution >= 0.6 is 34.4 Å². The molecule has 0 radical (unpaired) electrons. The second kappa shape index (κ2) is 6.50. The van der Waals surface area contributed by atoms with Crippen molar-refractivity contribution in [2.24, 2.45) is 5.73 Å². The van der Waals surface area contributed by atoms with Crippen molar-refractivity contribution >= 4 is 40.3 Å². The smallest absolute Gasteiger partial charge is 0.133 e. The quantitative estimate of drug-likeness (QED) is 0.472. The molecule has 0 aliphatic heterocycles. The molecule has 0 atom stereocenters. The number of hydrogen-bond acceptors (Lipinski definition) is 5. The van der Waals surface area contributed by atoms with Crippen molar-refractivity contribution in [3.63, 3.8) is 0 Å². The van der Waals surface area contributed by atoms with E-state index in [1.54, 1.807) is 34.4 Å². The van der Waals surface area contributed by atoms with Crippen LogP contribution in [0.4, 0.5) is 0 Å². The number of thiophene rings is 1. The van der Waals surface area contributed by atoms with Gasteiger partial charge in [-0.05, 0) is 25.2 Å². The zero-order valence-corrected chi connectivity index (χ0v) is 14.5. The number of thiazole rings is 1. The molecule has 0 aromatic carbocycles. The van der Waals surface area contributed by atoms with Gasteiger partial charge in [0.15, 0.2) is 0 Å². The van der Waals surface area contributed by atoms with Crippen molar-refractivity contribution in [2.45, 2.75) is 42.2 Å². The summed E-state index contributed by atoms with van der Waals surface area (Å²) in [5, 5.41) is 10.9. The predicted molar refractivity (Wildman–Crippen MR) is 94.1 cm³/mol. The fraction of sp³-hybridized carbons (Fsp3) is 0.467. The molecule has 3 nitrogen and oxygen atoms in total. The molecular weight excluding hydrogens is 318 g/mol.